The number of amides is 1. The van der Waals surface area contributed by atoms with Gasteiger partial charge in [0.05, 0.1) is 35.0 Å². The molecule has 9 nitrogen and oxygen atoms in total. The number of rotatable bonds is 9. The fourth-order valence-electron chi connectivity index (χ4n) is 4.70. The first-order chi connectivity index (χ1) is 19.8. The standard InChI is InChI=1S/C30H32N4O5S2/c1-4-39-24-12-8-22(9-13-24)20-31-34(30-32-27-17-14-25(38-3)19-28(27)40-30)29(35)23-10-15-26(16-11-23)41(36,37)33-18-6-5-7-21(33)2/h8-17,19-21H,4-7,18H2,1-3H3/b31-20+. The lowest BCUT2D eigenvalue weighted by Crippen LogP contribution is -2.41. The smallest absolute Gasteiger partial charge is 0.280 e. The van der Waals surface area contributed by atoms with Crippen molar-refractivity contribution < 1.29 is 22.7 Å². The summed E-state index contributed by atoms with van der Waals surface area (Å²) in [6.45, 7) is 4.92. The van der Waals surface area contributed by atoms with E-state index in [2.05, 4.69) is 10.1 Å². The van der Waals surface area contributed by atoms with Crippen LogP contribution in [0.15, 0.2) is 76.7 Å². The molecule has 0 bridgehead atoms. The average Bonchev–Trinajstić information content (AvgIpc) is 3.41. The highest BCUT2D eigenvalue weighted by molar-refractivity contribution is 7.89. The van der Waals surface area contributed by atoms with Crippen LogP contribution in [0.3, 0.4) is 0 Å². The molecule has 214 valence electrons. The monoisotopic (exact) mass is 592 g/mol. The molecule has 1 unspecified atom stereocenters. The Bertz CT molecular complexity index is 1650. The van der Waals surface area contributed by atoms with Crippen LogP contribution in [0.1, 0.15) is 49.0 Å². The molecule has 4 aromatic rings. The van der Waals surface area contributed by atoms with Gasteiger partial charge in [-0.15, -0.1) is 0 Å². The topological polar surface area (TPSA) is 101 Å². The lowest BCUT2D eigenvalue weighted by Gasteiger charge is -2.32. The van der Waals surface area contributed by atoms with Crippen molar-refractivity contribution in [2.24, 2.45) is 5.10 Å². The maximum Gasteiger partial charge on any atom is 0.280 e. The van der Waals surface area contributed by atoms with Crippen molar-refractivity contribution in [2.45, 2.75) is 44.0 Å². The van der Waals surface area contributed by atoms with E-state index in [4.69, 9.17) is 9.47 Å². The van der Waals surface area contributed by atoms with Crippen molar-refractivity contribution in [2.75, 3.05) is 25.3 Å². The fourth-order valence-corrected chi connectivity index (χ4v) is 7.35. The Labute approximate surface area is 244 Å². The van der Waals surface area contributed by atoms with E-state index < -0.39 is 15.9 Å². The van der Waals surface area contributed by atoms with E-state index in [-0.39, 0.29) is 16.5 Å². The van der Waals surface area contributed by atoms with Crippen LogP contribution in [-0.4, -0.2) is 56.1 Å². The fraction of sp³-hybridized carbons (Fsp3) is 0.300. The Hall–Kier alpha value is -3.80. The molecule has 2 heterocycles. The Morgan fingerprint density at radius 1 is 1.10 bits per heavy atom. The maximum atomic E-state index is 13.8. The number of benzene rings is 3. The van der Waals surface area contributed by atoms with Gasteiger partial charge in [-0.2, -0.15) is 14.4 Å². The van der Waals surface area contributed by atoms with Crippen LogP contribution in [0.4, 0.5) is 5.13 Å². The summed E-state index contributed by atoms with van der Waals surface area (Å²) >= 11 is 1.31. The van der Waals surface area contributed by atoms with Gasteiger partial charge in [0.15, 0.2) is 0 Å². The number of nitrogens with zero attached hydrogens (tertiary/aromatic N) is 4. The molecule has 1 aliphatic rings. The molecule has 1 atom stereocenters. The zero-order chi connectivity index (χ0) is 29.0. The number of hydrogen-bond donors (Lipinski definition) is 0. The molecule has 0 spiro atoms. The highest BCUT2D eigenvalue weighted by Crippen LogP contribution is 2.33. The summed E-state index contributed by atoms with van der Waals surface area (Å²) in [4.78, 5) is 18.6. The third-order valence-electron chi connectivity index (χ3n) is 6.92. The summed E-state index contributed by atoms with van der Waals surface area (Å²) in [7, 11) is -2.06. The SMILES string of the molecule is CCOc1ccc(/C=N/N(C(=O)c2ccc(S(=O)(=O)N3CCCCC3C)cc2)c2nc3ccc(OC)cc3s2)cc1. The molecule has 1 fully saturated rings. The number of carbonyl (C=O) groups is 1. The zero-order valence-corrected chi connectivity index (χ0v) is 24.8. The van der Waals surface area contributed by atoms with Crippen LogP contribution < -0.4 is 14.5 Å². The second-order valence-electron chi connectivity index (χ2n) is 9.68. The molecule has 3 aromatic carbocycles. The molecule has 11 heteroatoms. The van der Waals surface area contributed by atoms with E-state index in [1.165, 1.54) is 40.6 Å². The molecule has 1 amide bonds. The normalized spacial score (nSPS) is 16.2. The molecule has 1 aromatic heterocycles. The molecule has 0 aliphatic carbocycles. The summed E-state index contributed by atoms with van der Waals surface area (Å²) in [5.74, 6) is 0.989. The maximum absolute atomic E-state index is 13.8. The number of thiazole rings is 1. The summed E-state index contributed by atoms with van der Waals surface area (Å²) in [6, 6.07) is 18.8. The summed E-state index contributed by atoms with van der Waals surface area (Å²) in [6.07, 6.45) is 4.28. The number of hydrogen-bond acceptors (Lipinski definition) is 8. The van der Waals surface area contributed by atoms with E-state index in [1.807, 2.05) is 56.3 Å². The minimum atomic E-state index is -3.66. The van der Waals surface area contributed by atoms with Gasteiger partial charge in [0.25, 0.3) is 5.91 Å². The van der Waals surface area contributed by atoms with Gasteiger partial charge >= 0.3 is 0 Å². The highest BCUT2D eigenvalue weighted by Gasteiger charge is 2.31. The van der Waals surface area contributed by atoms with Crippen LogP contribution >= 0.6 is 11.3 Å². The number of methoxy groups -OCH3 is 1. The molecule has 0 radical (unpaired) electrons. The van der Waals surface area contributed by atoms with E-state index in [0.717, 1.165) is 35.3 Å². The second-order valence-corrected chi connectivity index (χ2v) is 12.6. The van der Waals surface area contributed by atoms with Gasteiger partial charge in [-0.1, -0.05) is 17.8 Å². The first-order valence-corrected chi connectivity index (χ1v) is 15.7. The molecule has 5 rings (SSSR count). The third-order valence-corrected chi connectivity index (χ3v) is 9.94. The Morgan fingerprint density at radius 3 is 2.51 bits per heavy atom. The quantitative estimate of drug-likeness (QED) is 0.176. The van der Waals surface area contributed by atoms with Crippen LogP contribution in [0.5, 0.6) is 11.5 Å². The minimum absolute atomic E-state index is 0.0554. The van der Waals surface area contributed by atoms with Crippen molar-refractivity contribution in [3.8, 4) is 11.5 Å². The molecule has 1 aliphatic heterocycles. The Morgan fingerprint density at radius 2 is 1.83 bits per heavy atom. The lowest BCUT2D eigenvalue weighted by molar-refractivity contribution is 0.0987. The molecular weight excluding hydrogens is 560 g/mol. The number of hydrazone groups is 1. The van der Waals surface area contributed by atoms with E-state index in [1.54, 1.807) is 17.6 Å². The number of aromatic nitrogens is 1. The van der Waals surface area contributed by atoms with Gasteiger partial charge in [-0.3, -0.25) is 4.79 Å². The first kappa shape index (κ1) is 28.7. The number of ether oxygens (including phenoxy) is 2. The van der Waals surface area contributed by atoms with Crippen molar-refractivity contribution in [1.82, 2.24) is 9.29 Å². The summed E-state index contributed by atoms with van der Waals surface area (Å²) in [5, 5.41) is 6.13. The largest absolute Gasteiger partial charge is 0.497 e. The predicted molar refractivity (Wildman–Crippen MR) is 162 cm³/mol. The van der Waals surface area contributed by atoms with E-state index in [9.17, 15) is 13.2 Å². The summed E-state index contributed by atoms with van der Waals surface area (Å²) < 4.78 is 39.8. The van der Waals surface area contributed by atoms with Crippen molar-refractivity contribution >= 4 is 48.8 Å². The van der Waals surface area contributed by atoms with Crippen LogP contribution in [0.25, 0.3) is 10.2 Å². The zero-order valence-electron chi connectivity index (χ0n) is 23.2. The lowest BCUT2D eigenvalue weighted by atomic mass is 10.1. The number of piperidine rings is 1. The van der Waals surface area contributed by atoms with Gasteiger partial charge in [0.1, 0.15) is 11.5 Å². The van der Waals surface area contributed by atoms with Gasteiger partial charge in [-0.25, -0.2) is 13.4 Å². The van der Waals surface area contributed by atoms with Crippen molar-refractivity contribution in [1.29, 1.82) is 0 Å². The number of anilines is 1. The van der Waals surface area contributed by atoms with Crippen LogP contribution in [-0.2, 0) is 10.0 Å². The molecule has 41 heavy (non-hydrogen) atoms. The predicted octanol–water partition coefficient (Wildman–Crippen LogP) is 5.95. The van der Waals surface area contributed by atoms with Gasteiger partial charge in [0.2, 0.25) is 15.2 Å². The van der Waals surface area contributed by atoms with E-state index >= 15 is 0 Å². The van der Waals surface area contributed by atoms with E-state index in [0.29, 0.717) is 29.5 Å². The van der Waals surface area contributed by atoms with Gasteiger partial charge in [-0.05, 0) is 99.0 Å². The van der Waals surface area contributed by atoms with Crippen molar-refractivity contribution in [3.63, 3.8) is 0 Å². The number of sulfonamides is 1. The molecule has 0 N–H and O–H groups in total. The minimum Gasteiger partial charge on any atom is -0.497 e. The molecule has 1 saturated heterocycles. The van der Waals surface area contributed by atoms with Gasteiger partial charge in [0, 0.05) is 18.2 Å². The number of carbonyl (C=O) groups excluding carboxylic acids is 1. The second kappa shape index (κ2) is 12.4. The Balaban J connectivity index is 1.46. The average molecular weight is 593 g/mol. The van der Waals surface area contributed by atoms with Crippen molar-refractivity contribution in [3.05, 3.63) is 77.9 Å². The molecular formula is C30H32N4O5S2. The van der Waals surface area contributed by atoms with Gasteiger partial charge < -0.3 is 9.47 Å². The third kappa shape index (κ3) is 6.27. The van der Waals surface area contributed by atoms with Crippen LogP contribution in [0, 0.1) is 0 Å². The first-order valence-electron chi connectivity index (χ1n) is 13.5. The highest BCUT2D eigenvalue weighted by atomic mass is 32.2. The summed E-state index contributed by atoms with van der Waals surface area (Å²) in [5.41, 5.74) is 1.76. The Kier molecular flexibility index (Phi) is 8.67. The molecule has 0 saturated carbocycles. The number of fused-ring (bicyclic) bond motifs is 1. The van der Waals surface area contributed by atoms with Crippen LogP contribution in [0.2, 0.25) is 0 Å².